The van der Waals surface area contributed by atoms with Gasteiger partial charge in [-0.15, -0.1) is 0 Å². The lowest BCUT2D eigenvalue weighted by Crippen LogP contribution is -2.29. The summed E-state index contributed by atoms with van der Waals surface area (Å²) in [5, 5.41) is 0. The van der Waals surface area contributed by atoms with Gasteiger partial charge in [-0.25, -0.2) is 4.98 Å². The molecule has 1 heterocycles. The number of aromatic nitrogens is 1. The molecule has 3 heteroatoms. The molecule has 3 atom stereocenters. The first kappa shape index (κ1) is 13.9. The molecule has 2 N–H and O–H groups in total. The number of anilines is 1. The van der Waals surface area contributed by atoms with Crippen molar-refractivity contribution in [2.24, 2.45) is 23.5 Å². The predicted molar refractivity (Wildman–Crippen MR) is 83.7 cm³/mol. The molecule has 0 radical (unpaired) electrons. The molecule has 0 aromatic carbocycles. The normalized spacial score (nSPS) is 28.1. The Kier molecular flexibility index (Phi) is 3.97. The number of rotatable bonds is 5. The van der Waals surface area contributed by atoms with Crippen molar-refractivity contribution in [1.29, 1.82) is 0 Å². The van der Waals surface area contributed by atoms with Crippen LogP contribution in [0.25, 0.3) is 0 Å². The van der Waals surface area contributed by atoms with Gasteiger partial charge in [-0.1, -0.05) is 13.3 Å². The van der Waals surface area contributed by atoms with E-state index in [0.717, 1.165) is 42.2 Å². The topological polar surface area (TPSA) is 42.1 Å². The standard InChI is InChI=1S/C17H27N3/c1-3-16-8-13(10-18)9-17(19-16)20(2)11-15-7-12-4-5-14(15)6-12/h8-9,12,14-15H,3-7,10-11,18H2,1-2H3. The van der Waals surface area contributed by atoms with E-state index >= 15 is 0 Å². The van der Waals surface area contributed by atoms with Crippen molar-refractivity contribution in [3.63, 3.8) is 0 Å². The summed E-state index contributed by atoms with van der Waals surface area (Å²) in [5.74, 6) is 3.98. The molecule has 1 aromatic heterocycles. The number of hydrogen-bond donors (Lipinski definition) is 1. The average molecular weight is 273 g/mol. The molecule has 2 bridgehead atoms. The van der Waals surface area contributed by atoms with Crippen molar-refractivity contribution < 1.29 is 0 Å². The molecule has 3 unspecified atom stereocenters. The summed E-state index contributed by atoms with van der Waals surface area (Å²) in [4.78, 5) is 7.13. The Hall–Kier alpha value is -1.09. The minimum atomic E-state index is 0.602. The molecule has 0 spiro atoms. The lowest BCUT2D eigenvalue weighted by atomic mass is 9.88. The van der Waals surface area contributed by atoms with Gasteiger partial charge in [-0.05, 0) is 61.1 Å². The molecular weight excluding hydrogens is 246 g/mol. The summed E-state index contributed by atoms with van der Waals surface area (Å²) in [7, 11) is 2.19. The highest BCUT2D eigenvalue weighted by Crippen LogP contribution is 2.48. The molecule has 110 valence electrons. The second kappa shape index (κ2) is 5.72. The van der Waals surface area contributed by atoms with Crippen molar-refractivity contribution in [2.45, 2.75) is 45.6 Å². The molecule has 2 aliphatic carbocycles. The number of fused-ring (bicyclic) bond motifs is 2. The lowest BCUT2D eigenvalue weighted by molar-refractivity contribution is 0.337. The van der Waals surface area contributed by atoms with Gasteiger partial charge in [0, 0.05) is 25.8 Å². The largest absolute Gasteiger partial charge is 0.359 e. The van der Waals surface area contributed by atoms with Crippen LogP contribution in [-0.2, 0) is 13.0 Å². The molecule has 20 heavy (non-hydrogen) atoms. The van der Waals surface area contributed by atoms with Crippen LogP contribution in [0.5, 0.6) is 0 Å². The smallest absolute Gasteiger partial charge is 0.128 e. The van der Waals surface area contributed by atoms with Crippen LogP contribution in [0.4, 0.5) is 5.82 Å². The summed E-state index contributed by atoms with van der Waals surface area (Å²) < 4.78 is 0. The van der Waals surface area contributed by atoms with Crippen LogP contribution < -0.4 is 10.6 Å². The highest BCUT2D eigenvalue weighted by atomic mass is 15.2. The molecule has 0 amide bonds. The zero-order chi connectivity index (χ0) is 14.1. The molecular formula is C17H27N3. The second-order valence-corrected chi connectivity index (χ2v) is 6.70. The molecule has 1 aromatic rings. The monoisotopic (exact) mass is 273 g/mol. The van der Waals surface area contributed by atoms with E-state index in [0.29, 0.717) is 6.54 Å². The van der Waals surface area contributed by atoms with Crippen molar-refractivity contribution in [2.75, 3.05) is 18.5 Å². The third-order valence-electron chi connectivity index (χ3n) is 5.31. The van der Waals surface area contributed by atoms with Gasteiger partial charge < -0.3 is 10.6 Å². The predicted octanol–water partition coefficient (Wildman–Crippen LogP) is 2.98. The van der Waals surface area contributed by atoms with Gasteiger partial charge in [0.05, 0.1) is 0 Å². The van der Waals surface area contributed by atoms with Crippen molar-refractivity contribution >= 4 is 5.82 Å². The number of hydrogen-bond acceptors (Lipinski definition) is 3. The first-order valence-electron chi connectivity index (χ1n) is 8.10. The van der Waals surface area contributed by atoms with Crippen LogP contribution in [0, 0.1) is 17.8 Å². The Labute approximate surface area is 122 Å². The maximum absolute atomic E-state index is 5.81. The zero-order valence-corrected chi connectivity index (χ0v) is 12.8. The molecule has 2 aliphatic rings. The van der Waals surface area contributed by atoms with Crippen molar-refractivity contribution in [3.05, 3.63) is 23.4 Å². The summed E-state index contributed by atoms with van der Waals surface area (Å²) in [6, 6.07) is 4.29. The number of pyridine rings is 1. The number of nitrogens with two attached hydrogens (primary N) is 1. The van der Waals surface area contributed by atoms with Gasteiger partial charge in [0.25, 0.3) is 0 Å². The van der Waals surface area contributed by atoms with Crippen LogP contribution in [0.1, 0.15) is 43.9 Å². The Morgan fingerprint density at radius 1 is 1.30 bits per heavy atom. The van der Waals surface area contributed by atoms with Gasteiger partial charge >= 0.3 is 0 Å². The molecule has 0 aliphatic heterocycles. The fourth-order valence-electron chi connectivity index (χ4n) is 4.17. The highest BCUT2D eigenvalue weighted by molar-refractivity contribution is 5.42. The Morgan fingerprint density at radius 3 is 2.75 bits per heavy atom. The zero-order valence-electron chi connectivity index (χ0n) is 12.8. The second-order valence-electron chi connectivity index (χ2n) is 6.70. The van der Waals surface area contributed by atoms with Crippen molar-refractivity contribution in [3.8, 4) is 0 Å². The molecule has 3 rings (SSSR count). The molecule has 0 saturated heterocycles. The Morgan fingerprint density at radius 2 is 2.15 bits per heavy atom. The van der Waals surface area contributed by atoms with E-state index in [-0.39, 0.29) is 0 Å². The minimum absolute atomic E-state index is 0.602. The van der Waals surface area contributed by atoms with E-state index < -0.39 is 0 Å². The van der Waals surface area contributed by atoms with Crippen LogP contribution in [0.15, 0.2) is 12.1 Å². The fraction of sp³-hybridized carbons (Fsp3) is 0.706. The summed E-state index contributed by atoms with van der Waals surface area (Å²) >= 11 is 0. The first-order valence-corrected chi connectivity index (χ1v) is 8.10. The maximum atomic E-state index is 5.81. The van der Waals surface area contributed by atoms with Gasteiger partial charge in [-0.2, -0.15) is 0 Å². The third kappa shape index (κ3) is 2.69. The average Bonchev–Trinajstić information content (AvgIpc) is 3.09. The van der Waals surface area contributed by atoms with E-state index in [2.05, 4.69) is 31.0 Å². The van der Waals surface area contributed by atoms with Crippen LogP contribution in [0.2, 0.25) is 0 Å². The van der Waals surface area contributed by atoms with Crippen molar-refractivity contribution in [1.82, 2.24) is 4.98 Å². The Bertz CT molecular complexity index is 449. The first-order chi connectivity index (χ1) is 9.69. The SMILES string of the molecule is CCc1cc(CN)cc(N(C)CC2CC3CCC2C3)n1. The highest BCUT2D eigenvalue weighted by Gasteiger charge is 2.39. The number of nitrogens with zero attached hydrogens (tertiary/aromatic N) is 2. The lowest BCUT2D eigenvalue weighted by Gasteiger charge is -2.28. The molecule has 2 fully saturated rings. The summed E-state index contributed by atoms with van der Waals surface area (Å²) in [6.45, 7) is 3.91. The van der Waals surface area contributed by atoms with E-state index in [1.807, 2.05) is 0 Å². The van der Waals surface area contributed by atoms with E-state index in [1.54, 1.807) is 0 Å². The Balaban J connectivity index is 1.71. The van der Waals surface area contributed by atoms with E-state index in [1.165, 1.54) is 31.2 Å². The molecule has 2 saturated carbocycles. The van der Waals surface area contributed by atoms with Crippen LogP contribution in [-0.4, -0.2) is 18.6 Å². The minimum Gasteiger partial charge on any atom is -0.359 e. The fourth-order valence-corrected chi connectivity index (χ4v) is 4.17. The van der Waals surface area contributed by atoms with Gasteiger partial charge in [0.2, 0.25) is 0 Å². The van der Waals surface area contributed by atoms with E-state index in [9.17, 15) is 0 Å². The van der Waals surface area contributed by atoms with Crippen LogP contribution >= 0.6 is 0 Å². The third-order valence-corrected chi connectivity index (χ3v) is 5.31. The van der Waals surface area contributed by atoms with Gasteiger partial charge in [-0.3, -0.25) is 0 Å². The maximum Gasteiger partial charge on any atom is 0.128 e. The summed E-state index contributed by atoms with van der Waals surface area (Å²) in [5.41, 5.74) is 8.17. The summed E-state index contributed by atoms with van der Waals surface area (Å²) in [6.07, 6.45) is 6.83. The van der Waals surface area contributed by atoms with Gasteiger partial charge in [0.15, 0.2) is 0 Å². The van der Waals surface area contributed by atoms with Gasteiger partial charge in [0.1, 0.15) is 5.82 Å². The molecule has 3 nitrogen and oxygen atoms in total. The quantitative estimate of drug-likeness (QED) is 0.897. The van der Waals surface area contributed by atoms with Crippen LogP contribution in [0.3, 0.4) is 0 Å². The number of aryl methyl sites for hydroxylation is 1. The van der Waals surface area contributed by atoms with E-state index in [4.69, 9.17) is 10.7 Å².